The maximum Gasteiger partial charge on any atom is 0.225 e. The lowest BCUT2D eigenvalue weighted by molar-refractivity contribution is 0.243. The van der Waals surface area contributed by atoms with Crippen LogP contribution < -0.4 is 4.90 Å². The quantitative estimate of drug-likeness (QED) is 0.824. The monoisotopic (exact) mass is 272 g/mol. The van der Waals surface area contributed by atoms with Crippen molar-refractivity contribution in [1.29, 1.82) is 0 Å². The summed E-state index contributed by atoms with van der Waals surface area (Å²) in [6.45, 7) is 8.16. The molecule has 0 N–H and O–H groups in total. The standard InChI is InChI=1S/C14H20N6/c1-13-11-17-20(12-13)10-7-18-5-8-19(9-6-18)14-15-3-2-4-16-14/h2-4,11-12H,5-10H2,1H3. The highest BCUT2D eigenvalue weighted by molar-refractivity contribution is 5.29. The number of piperazine rings is 1. The lowest BCUT2D eigenvalue weighted by atomic mass is 10.3. The van der Waals surface area contributed by atoms with Gasteiger partial charge in [0.15, 0.2) is 0 Å². The van der Waals surface area contributed by atoms with E-state index in [2.05, 4.69) is 38.0 Å². The van der Waals surface area contributed by atoms with Gasteiger partial charge in [-0.25, -0.2) is 9.97 Å². The zero-order valence-corrected chi connectivity index (χ0v) is 11.8. The van der Waals surface area contributed by atoms with E-state index in [0.717, 1.165) is 45.2 Å². The highest BCUT2D eigenvalue weighted by Gasteiger charge is 2.18. The minimum absolute atomic E-state index is 0.842. The highest BCUT2D eigenvalue weighted by atomic mass is 15.3. The van der Waals surface area contributed by atoms with E-state index in [9.17, 15) is 0 Å². The molecule has 6 nitrogen and oxygen atoms in total. The minimum Gasteiger partial charge on any atom is -0.338 e. The molecule has 1 aliphatic rings. The molecule has 20 heavy (non-hydrogen) atoms. The summed E-state index contributed by atoms with van der Waals surface area (Å²) in [7, 11) is 0. The summed E-state index contributed by atoms with van der Waals surface area (Å²) in [5.74, 6) is 0.842. The third-order valence-electron chi connectivity index (χ3n) is 3.61. The van der Waals surface area contributed by atoms with Crippen LogP contribution in [0.3, 0.4) is 0 Å². The molecule has 0 unspecified atom stereocenters. The normalized spacial score (nSPS) is 16.6. The summed E-state index contributed by atoms with van der Waals surface area (Å²) in [6.07, 6.45) is 7.60. The number of aromatic nitrogens is 4. The molecule has 1 fully saturated rings. The van der Waals surface area contributed by atoms with E-state index in [1.807, 2.05) is 16.9 Å². The summed E-state index contributed by atoms with van der Waals surface area (Å²) in [5.41, 5.74) is 1.22. The molecule has 0 saturated carbocycles. The fourth-order valence-corrected chi connectivity index (χ4v) is 2.46. The first-order chi connectivity index (χ1) is 9.81. The summed E-state index contributed by atoms with van der Waals surface area (Å²) in [4.78, 5) is 13.3. The summed E-state index contributed by atoms with van der Waals surface area (Å²) >= 11 is 0. The van der Waals surface area contributed by atoms with Crippen LogP contribution in [0.2, 0.25) is 0 Å². The first kappa shape index (κ1) is 13.1. The maximum absolute atomic E-state index is 4.32. The molecule has 2 aromatic rings. The SMILES string of the molecule is Cc1cnn(CCN2CCN(c3ncccn3)CC2)c1. The van der Waals surface area contributed by atoms with E-state index in [1.54, 1.807) is 12.4 Å². The second-order valence-electron chi connectivity index (χ2n) is 5.16. The predicted molar refractivity (Wildman–Crippen MR) is 77.6 cm³/mol. The first-order valence-corrected chi connectivity index (χ1v) is 7.04. The number of hydrogen-bond acceptors (Lipinski definition) is 5. The van der Waals surface area contributed by atoms with Crippen molar-refractivity contribution >= 4 is 5.95 Å². The molecule has 0 atom stereocenters. The van der Waals surface area contributed by atoms with Crippen LogP contribution in [0, 0.1) is 6.92 Å². The van der Waals surface area contributed by atoms with Gasteiger partial charge in [-0.15, -0.1) is 0 Å². The van der Waals surface area contributed by atoms with Crippen LogP contribution in [-0.2, 0) is 6.54 Å². The Labute approximate surface area is 119 Å². The average molecular weight is 272 g/mol. The van der Waals surface area contributed by atoms with Crippen LogP contribution in [0.1, 0.15) is 5.56 Å². The van der Waals surface area contributed by atoms with Gasteiger partial charge < -0.3 is 4.90 Å². The lowest BCUT2D eigenvalue weighted by Gasteiger charge is -2.34. The molecular weight excluding hydrogens is 252 g/mol. The fraction of sp³-hybridized carbons (Fsp3) is 0.500. The molecule has 3 rings (SSSR count). The van der Waals surface area contributed by atoms with Crippen molar-refractivity contribution in [1.82, 2.24) is 24.6 Å². The Hall–Kier alpha value is -1.95. The van der Waals surface area contributed by atoms with E-state index >= 15 is 0 Å². The van der Waals surface area contributed by atoms with Crippen LogP contribution in [0.4, 0.5) is 5.95 Å². The van der Waals surface area contributed by atoms with Crippen LogP contribution >= 0.6 is 0 Å². The van der Waals surface area contributed by atoms with Gasteiger partial charge in [0.25, 0.3) is 0 Å². The summed E-state index contributed by atoms with van der Waals surface area (Å²) < 4.78 is 2.02. The molecule has 3 heterocycles. The Morgan fingerprint density at radius 1 is 1.05 bits per heavy atom. The molecule has 0 radical (unpaired) electrons. The Kier molecular flexibility index (Phi) is 3.92. The van der Waals surface area contributed by atoms with Gasteiger partial charge in [0.1, 0.15) is 0 Å². The van der Waals surface area contributed by atoms with Gasteiger partial charge in [0.2, 0.25) is 5.95 Å². The van der Waals surface area contributed by atoms with Gasteiger partial charge in [0, 0.05) is 51.3 Å². The minimum atomic E-state index is 0.842. The molecule has 0 aliphatic carbocycles. The fourth-order valence-electron chi connectivity index (χ4n) is 2.46. The van der Waals surface area contributed by atoms with Crippen molar-refractivity contribution < 1.29 is 0 Å². The number of rotatable bonds is 4. The van der Waals surface area contributed by atoms with Crippen LogP contribution in [0.25, 0.3) is 0 Å². The van der Waals surface area contributed by atoms with Crippen molar-refractivity contribution in [3.8, 4) is 0 Å². The Balaban J connectivity index is 1.47. The third-order valence-corrected chi connectivity index (χ3v) is 3.61. The lowest BCUT2D eigenvalue weighted by Crippen LogP contribution is -2.47. The number of aryl methyl sites for hydroxylation is 1. The summed E-state index contributed by atoms with van der Waals surface area (Å²) in [5, 5.41) is 4.32. The van der Waals surface area contributed by atoms with Crippen molar-refractivity contribution in [2.24, 2.45) is 0 Å². The number of nitrogens with zero attached hydrogens (tertiary/aromatic N) is 6. The van der Waals surface area contributed by atoms with Gasteiger partial charge in [-0.05, 0) is 18.6 Å². The van der Waals surface area contributed by atoms with Gasteiger partial charge in [-0.2, -0.15) is 5.10 Å². The van der Waals surface area contributed by atoms with Gasteiger partial charge >= 0.3 is 0 Å². The molecule has 1 saturated heterocycles. The zero-order valence-electron chi connectivity index (χ0n) is 11.8. The Morgan fingerprint density at radius 2 is 1.80 bits per heavy atom. The topological polar surface area (TPSA) is 50.1 Å². The van der Waals surface area contributed by atoms with E-state index in [1.165, 1.54) is 5.56 Å². The van der Waals surface area contributed by atoms with Gasteiger partial charge in [-0.3, -0.25) is 9.58 Å². The van der Waals surface area contributed by atoms with E-state index in [-0.39, 0.29) is 0 Å². The predicted octanol–water partition coefficient (Wildman–Crippen LogP) is 0.804. The van der Waals surface area contributed by atoms with Crippen molar-refractivity contribution in [2.45, 2.75) is 13.5 Å². The van der Waals surface area contributed by atoms with Crippen LogP contribution in [0.5, 0.6) is 0 Å². The Bertz CT molecular complexity index is 530. The Morgan fingerprint density at radius 3 is 2.45 bits per heavy atom. The molecule has 1 aliphatic heterocycles. The molecule has 0 spiro atoms. The third kappa shape index (κ3) is 3.14. The molecule has 0 aromatic carbocycles. The second-order valence-corrected chi connectivity index (χ2v) is 5.16. The molecule has 6 heteroatoms. The van der Waals surface area contributed by atoms with Crippen LogP contribution in [0.15, 0.2) is 30.9 Å². The number of anilines is 1. The van der Waals surface area contributed by atoms with Gasteiger partial charge in [-0.1, -0.05) is 0 Å². The van der Waals surface area contributed by atoms with E-state index in [0.29, 0.717) is 0 Å². The second kappa shape index (κ2) is 6.00. The number of hydrogen-bond donors (Lipinski definition) is 0. The van der Waals surface area contributed by atoms with Crippen molar-refractivity contribution in [2.75, 3.05) is 37.6 Å². The first-order valence-electron chi connectivity index (χ1n) is 7.04. The summed E-state index contributed by atoms with van der Waals surface area (Å²) in [6, 6.07) is 1.85. The van der Waals surface area contributed by atoms with Crippen molar-refractivity contribution in [3.63, 3.8) is 0 Å². The van der Waals surface area contributed by atoms with Crippen molar-refractivity contribution in [3.05, 3.63) is 36.4 Å². The largest absolute Gasteiger partial charge is 0.338 e. The zero-order chi connectivity index (χ0) is 13.8. The van der Waals surface area contributed by atoms with Gasteiger partial charge in [0.05, 0.1) is 12.7 Å². The molecule has 106 valence electrons. The smallest absolute Gasteiger partial charge is 0.225 e. The maximum atomic E-state index is 4.32. The molecule has 2 aromatic heterocycles. The van der Waals surface area contributed by atoms with E-state index in [4.69, 9.17) is 0 Å². The van der Waals surface area contributed by atoms with Crippen LogP contribution in [-0.4, -0.2) is 57.4 Å². The molecular formula is C14H20N6. The highest BCUT2D eigenvalue weighted by Crippen LogP contribution is 2.09. The average Bonchev–Trinajstić information content (AvgIpc) is 2.92. The van der Waals surface area contributed by atoms with E-state index < -0.39 is 0 Å². The molecule has 0 amide bonds. The molecule has 0 bridgehead atoms.